The molecule has 3 aromatic rings. The first-order chi connectivity index (χ1) is 17.8. The van der Waals surface area contributed by atoms with Crippen molar-refractivity contribution in [1.82, 2.24) is 4.90 Å². The van der Waals surface area contributed by atoms with Gasteiger partial charge in [-0.1, -0.05) is 78.6 Å². The zero-order valence-electron chi connectivity index (χ0n) is 20.5. The van der Waals surface area contributed by atoms with E-state index in [2.05, 4.69) is 5.32 Å². The third-order valence-electron chi connectivity index (χ3n) is 6.56. The van der Waals surface area contributed by atoms with E-state index < -0.39 is 0 Å². The number of para-hydroxylation sites is 1. The number of hydrogen-bond donors (Lipinski definition) is 1. The normalized spacial score (nSPS) is 17.0. The van der Waals surface area contributed by atoms with E-state index in [-0.39, 0.29) is 24.3 Å². The molecule has 5 rings (SSSR count). The summed E-state index contributed by atoms with van der Waals surface area (Å²) in [6, 6.07) is 22.8. The van der Waals surface area contributed by atoms with Crippen molar-refractivity contribution in [1.29, 1.82) is 0 Å². The summed E-state index contributed by atoms with van der Waals surface area (Å²) in [4.78, 5) is 43.3. The van der Waals surface area contributed by atoms with Crippen molar-refractivity contribution >= 4 is 63.0 Å². The number of hydrogen-bond acceptors (Lipinski definition) is 5. The minimum absolute atomic E-state index is 0.166. The fraction of sp³-hybridized carbons (Fsp3) is 0.172. The lowest BCUT2D eigenvalue weighted by molar-refractivity contribution is -0.122. The van der Waals surface area contributed by atoms with Gasteiger partial charge in [0.2, 0.25) is 5.91 Å². The van der Waals surface area contributed by atoms with Gasteiger partial charge in [-0.3, -0.25) is 24.2 Å². The molecule has 8 heteroatoms. The third kappa shape index (κ3) is 4.95. The van der Waals surface area contributed by atoms with Gasteiger partial charge in [0.05, 0.1) is 16.2 Å². The summed E-state index contributed by atoms with van der Waals surface area (Å²) in [6.45, 7) is 4.25. The van der Waals surface area contributed by atoms with Crippen LogP contribution in [0.4, 0.5) is 11.4 Å². The summed E-state index contributed by atoms with van der Waals surface area (Å²) in [6.07, 6.45) is 0.658. The molecule has 2 heterocycles. The second-order valence-corrected chi connectivity index (χ2v) is 10.7. The Morgan fingerprint density at radius 1 is 0.892 bits per heavy atom. The van der Waals surface area contributed by atoms with Crippen molar-refractivity contribution in [3.63, 3.8) is 0 Å². The Kier molecular flexibility index (Phi) is 6.95. The number of nitrogens with zero attached hydrogens (tertiary/aromatic N) is 2. The molecule has 0 unspecified atom stereocenters. The highest BCUT2D eigenvalue weighted by atomic mass is 32.2. The van der Waals surface area contributed by atoms with Gasteiger partial charge < -0.3 is 5.32 Å². The molecule has 1 fully saturated rings. The van der Waals surface area contributed by atoms with Crippen molar-refractivity contribution in [3.8, 4) is 0 Å². The van der Waals surface area contributed by atoms with Crippen LogP contribution in [0.25, 0.3) is 5.57 Å². The summed E-state index contributed by atoms with van der Waals surface area (Å²) in [5, 5.41) is 2.88. The van der Waals surface area contributed by atoms with Crippen LogP contribution < -0.4 is 10.2 Å². The fourth-order valence-electron chi connectivity index (χ4n) is 4.45. The Morgan fingerprint density at radius 3 is 2.38 bits per heavy atom. The first kappa shape index (κ1) is 24.9. The van der Waals surface area contributed by atoms with Gasteiger partial charge in [-0.05, 0) is 55.2 Å². The number of thiocarbonyl (C=S) groups is 1. The van der Waals surface area contributed by atoms with Crippen molar-refractivity contribution < 1.29 is 14.4 Å². The predicted molar refractivity (Wildman–Crippen MR) is 152 cm³/mol. The zero-order chi connectivity index (χ0) is 26.1. The lowest BCUT2D eigenvalue weighted by Crippen LogP contribution is -2.35. The summed E-state index contributed by atoms with van der Waals surface area (Å²) in [5.41, 5.74) is 5.51. The lowest BCUT2D eigenvalue weighted by Gasteiger charge is -2.17. The van der Waals surface area contributed by atoms with Crippen LogP contribution in [0, 0.1) is 13.8 Å². The van der Waals surface area contributed by atoms with Crippen molar-refractivity contribution in [2.24, 2.45) is 0 Å². The van der Waals surface area contributed by atoms with Gasteiger partial charge in [-0.2, -0.15) is 0 Å². The largest absolute Gasteiger partial charge is 0.325 e. The van der Waals surface area contributed by atoms with Gasteiger partial charge in [-0.15, -0.1) is 0 Å². The van der Waals surface area contributed by atoms with E-state index in [0.717, 1.165) is 28.5 Å². The molecule has 2 aliphatic rings. The van der Waals surface area contributed by atoms with Crippen LogP contribution in [0.15, 0.2) is 77.7 Å². The second kappa shape index (κ2) is 10.3. The number of carbonyl (C=O) groups is 3. The molecule has 0 saturated carbocycles. The van der Waals surface area contributed by atoms with Gasteiger partial charge in [0, 0.05) is 17.8 Å². The summed E-state index contributed by atoms with van der Waals surface area (Å²) < 4.78 is 0.430. The van der Waals surface area contributed by atoms with E-state index in [9.17, 15) is 14.4 Å². The van der Waals surface area contributed by atoms with Gasteiger partial charge in [0.1, 0.15) is 10.9 Å². The Morgan fingerprint density at radius 2 is 1.62 bits per heavy atom. The first-order valence-electron chi connectivity index (χ1n) is 11.9. The maximum atomic E-state index is 13.6. The lowest BCUT2D eigenvalue weighted by atomic mass is 10.1. The van der Waals surface area contributed by atoms with E-state index in [1.54, 1.807) is 17.0 Å². The highest BCUT2D eigenvalue weighted by Gasteiger charge is 2.42. The maximum absolute atomic E-state index is 13.6. The van der Waals surface area contributed by atoms with Crippen LogP contribution in [0.2, 0.25) is 0 Å². The molecule has 186 valence electrons. The van der Waals surface area contributed by atoms with E-state index in [0.29, 0.717) is 44.7 Å². The number of rotatable bonds is 6. The number of carbonyl (C=O) groups excluding carboxylic acids is 3. The van der Waals surface area contributed by atoms with Crippen molar-refractivity contribution in [3.05, 3.63) is 100.0 Å². The molecule has 0 aromatic heterocycles. The second-order valence-electron chi connectivity index (χ2n) is 9.02. The molecule has 37 heavy (non-hydrogen) atoms. The standard InChI is InChI=1S/C29H25N3O3S2/c1-18-12-13-21(16-19(18)2)30-24(33)17-32-23-11-7-6-10-22(23)25(27(32)34)26-28(35)31(29(36)37-26)15-14-20-8-4-3-5-9-20/h3-13,16H,14-15,17H2,1-2H3,(H,30,33). The van der Waals surface area contributed by atoms with Crippen LogP contribution in [0.1, 0.15) is 22.3 Å². The Labute approximate surface area is 225 Å². The molecular formula is C29H25N3O3S2. The number of fused-ring (bicyclic) bond motifs is 1. The minimum Gasteiger partial charge on any atom is -0.325 e. The number of anilines is 2. The predicted octanol–water partition coefficient (Wildman–Crippen LogP) is 5.10. The molecule has 0 radical (unpaired) electrons. The van der Waals surface area contributed by atoms with Crippen molar-refractivity contribution in [2.45, 2.75) is 20.3 Å². The van der Waals surface area contributed by atoms with Crippen LogP contribution >= 0.6 is 24.0 Å². The zero-order valence-corrected chi connectivity index (χ0v) is 22.1. The summed E-state index contributed by atoms with van der Waals surface area (Å²) in [7, 11) is 0. The monoisotopic (exact) mass is 527 g/mol. The Balaban J connectivity index is 1.38. The van der Waals surface area contributed by atoms with Crippen LogP contribution in [0.3, 0.4) is 0 Å². The SMILES string of the molecule is Cc1ccc(NC(=O)CN2C(=O)C(=C3SC(=S)N(CCc4ccccc4)C3=O)c3ccccc32)cc1C. The van der Waals surface area contributed by atoms with E-state index in [4.69, 9.17) is 12.2 Å². The van der Waals surface area contributed by atoms with Crippen LogP contribution in [-0.2, 0) is 20.8 Å². The van der Waals surface area contributed by atoms with E-state index in [1.807, 2.05) is 74.5 Å². The molecule has 2 aliphatic heterocycles. The van der Waals surface area contributed by atoms with E-state index in [1.165, 1.54) is 4.90 Å². The Bertz CT molecular complexity index is 1470. The van der Waals surface area contributed by atoms with Crippen LogP contribution in [0.5, 0.6) is 0 Å². The molecule has 1 N–H and O–H groups in total. The average Bonchev–Trinajstić information content (AvgIpc) is 3.32. The molecule has 0 spiro atoms. The average molecular weight is 528 g/mol. The molecule has 6 nitrogen and oxygen atoms in total. The molecule has 3 amide bonds. The van der Waals surface area contributed by atoms with Gasteiger partial charge in [0.25, 0.3) is 11.8 Å². The fourth-order valence-corrected chi connectivity index (χ4v) is 5.83. The number of amides is 3. The molecule has 0 bridgehead atoms. The van der Waals surface area contributed by atoms with Crippen molar-refractivity contribution in [2.75, 3.05) is 23.3 Å². The number of nitrogens with one attached hydrogen (secondary N) is 1. The van der Waals surface area contributed by atoms with Crippen LogP contribution in [-0.4, -0.2) is 40.0 Å². The first-order valence-corrected chi connectivity index (χ1v) is 13.2. The number of thioether (sulfide) groups is 1. The molecule has 0 aliphatic carbocycles. The molecular weight excluding hydrogens is 502 g/mol. The van der Waals surface area contributed by atoms with E-state index >= 15 is 0 Å². The quantitative estimate of drug-likeness (QED) is 0.357. The minimum atomic E-state index is -0.375. The molecule has 3 aromatic carbocycles. The van der Waals surface area contributed by atoms with Gasteiger partial charge in [-0.25, -0.2) is 0 Å². The smallest absolute Gasteiger partial charge is 0.267 e. The van der Waals surface area contributed by atoms with Gasteiger partial charge >= 0.3 is 0 Å². The topological polar surface area (TPSA) is 69.7 Å². The third-order valence-corrected chi connectivity index (χ3v) is 8.01. The molecule has 0 atom stereocenters. The maximum Gasteiger partial charge on any atom is 0.267 e. The Hall–Kier alpha value is -3.75. The highest BCUT2D eigenvalue weighted by Crippen LogP contribution is 2.44. The highest BCUT2D eigenvalue weighted by molar-refractivity contribution is 8.26. The summed E-state index contributed by atoms with van der Waals surface area (Å²) >= 11 is 6.67. The number of aryl methyl sites for hydroxylation is 2. The summed E-state index contributed by atoms with van der Waals surface area (Å²) in [5.74, 6) is -0.964. The molecule has 1 saturated heterocycles. The number of benzene rings is 3. The van der Waals surface area contributed by atoms with Gasteiger partial charge in [0.15, 0.2) is 0 Å².